The van der Waals surface area contributed by atoms with Gasteiger partial charge in [0, 0.05) is 17.7 Å². The monoisotopic (exact) mass is 326 g/mol. The first-order valence-corrected chi connectivity index (χ1v) is 7.75. The second kappa shape index (κ2) is 8.15. The highest BCUT2D eigenvalue weighted by Crippen LogP contribution is 2.16. The highest BCUT2D eigenvalue weighted by Gasteiger charge is 2.09. The summed E-state index contributed by atoms with van der Waals surface area (Å²) in [5.41, 5.74) is 3.61. The summed E-state index contributed by atoms with van der Waals surface area (Å²) in [4.78, 5) is 24.0. The number of ether oxygens (including phenoxy) is 1. The number of carbonyl (C=O) groups is 2. The number of nitrogens with one attached hydrogen (secondary N) is 2. The van der Waals surface area contributed by atoms with Crippen LogP contribution in [-0.4, -0.2) is 25.5 Å². The number of rotatable bonds is 6. The standard InChI is InChI=1S/C19H22N2O3/c1-13-8-9-15(10-14(13)2)19(23)21-12-18(22)20-11-16-6-4-5-7-17(16)24-3/h4-10H,11-12H2,1-3H3,(H,20,22)(H,21,23). The summed E-state index contributed by atoms with van der Waals surface area (Å²) in [7, 11) is 1.59. The summed E-state index contributed by atoms with van der Waals surface area (Å²) in [6.07, 6.45) is 0. The molecule has 0 aliphatic rings. The number of aryl methyl sites for hydroxylation is 2. The average molecular weight is 326 g/mol. The summed E-state index contributed by atoms with van der Waals surface area (Å²) < 4.78 is 5.23. The highest BCUT2D eigenvalue weighted by molar-refractivity contribution is 5.96. The van der Waals surface area contributed by atoms with E-state index in [1.54, 1.807) is 13.2 Å². The zero-order chi connectivity index (χ0) is 17.5. The van der Waals surface area contributed by atoms with Crippen LogP contribution in [0, 0.1) is 13.8 Å². The third-order valence-corrected chi connectivity index (χ3v) is 3.85. The normalized spacial score (nSPS) is 10.1. The van der Waals surface area contributed by atoms with Crippen molar-refractivity contribution in [2.75, 3.05) is 13.7 Å². The van der Waals surface area contributed by atoms with E-state index in [2.05, 4.69) is 10.6 Å². The molecule has 2 N–H and O–H groups in total. The number of hydrogen-bond acceptors (Lipinski definition) is 3. The lowest BCUT2D eigenvalue weighted by Gasteiger charge is -2.10. The predicted molar refractivity (Wildman–Crippen MR) is 93.1 cm³/mol. The van der Waals surface area contributed by atoms with Gasteiger partial charge in [-0.1, -0.05) is 24.3 Å². The van der Waals surface area contributed by atoms with Crippen molar-refractivity contribution in [2.45, 2.75) is 20.4 Å². The fourth-order valence-corrected chi connectivity index (χ4v) is 2.25. The number of hydrogen-bond donors (Lipinski definition) is 2. The Labute approximate surface area is 142 Å². The maximum atomic E-state index is 12.1. The van der Waals surface area contributed by atoms with Crippen LogP contribution in [0.25, 0.3) is 0 Å². The van der Waals surface area contributed by atoms with Gasteiger partial charge < -0.3 is 15.4 Å². The molecule has 126 valence electrons. The Kier molecular flexibility index (Phi) is 5.95. The SMILES string of the molecule is COc1ccccc1CNC(=O)CNC(=O)c1ccc(C)c(C)c1. The Balaban J connectivity index is 1.84. The van der Waals surface area contributed by atoms with Crippen molar-refractivity contribution in [1.82, 2.24) is 10.6 Å². The van der Waals surface area contributed by atoms with Gasteiger partial charge in [-0.05, 0) is 43.2 Å². The van der Waals surface area contributed by atoms with Crippen molar-refractivity contribution in [2.24, 2.45) is 0 Å². The van der Waals surface area contributed by atoms with Crippen molar-refractivity contribution in [3.8, 4) is 5.75 Å². The van der Waals surface area contributed by atoms with Gasteiger partial charge in [0.05, 0.1) is 13.7 Å². The number of methoxy groups -OCH3 is 1. The first-order chi connectivity index (χ1) is 11.5. The highest BCUT2D eigenvalue weighted by atomic mass is 16.5. The molecule has 0 aliphatic carbocycles. The fraction of sp³-hybridized carbons (Fsp3) is 0.263. The van der Waals surface area contributed by atoms with Crippen LogP contribution < -0.4 is 15.4 Å². The smallest absolute Gasteiger partial charge is 0.251 e. The van der Waals surface area contributed by atoms with Gasteiger partial charge >= 0.3 is 0 Å². The average Bonchev–Trinajstić information content (AvgIpc) is 2.60. The van der Waals surface area contributed by atoms with Crippen LogP contribution in [0.2, 0.25) is 0 Å². The maximum absolute atomic E-state index is 12.1. The lowest BCUT2D eigenvalue weighted by atomic mass is 10.1. The molecular formula is C19H22N2O3. The lowest BCUT2D eigenvalue weighted by molar-refractivity contribution is -0.120. The molecule has 0 unspecified atom stereocenters. The third kappa shape index (κ3) is 4.59. The molecule has 0 heterocycles. The largest absolute Gasteiger partial charge is 0.496 e. The van der Waals surface area contributed by atoms with Crippen molar-refractivity contribution in [1.29, 1.82) is 0 Å². The van der Waals surface area contributed by atoms with E-state index in [4.69, 9.17) is 4.74 Å². The van der Waals surface area contributed by atoms with Crippen molar-refractivity contribution in [3.05, 3.63) is 64.7 Å². The molecule has 0 fully saturated rings. The van der Waals surface area contributed by atoms with E-state index >= 15 is 0 Å². The molecule has 0 atom stereocenters. The maximum Gasteiger partial charge on any atom is 0.251 e. The van der Waals surface area contributed by atoms with Crippen LogP contribution in [0.3, 0.4) is 0 Å². The van der Waals surface area contributed by atoms with Gasteiger partial charge in [-0.2, -0.15) is 0 Å². The zero-order valence-electron chi connectivity index (χ0n) is 14.2. The van der Waals surface area contributed by atoms with Gasteiger partial charge in [0.15, 0.2) is 0 Å². The van der Waals surface area contributed by atoms with Gasteiger partial charge in [0.2, 0.25) is 5.91 Å². The van der Waals surface area contributed by atoms with Gasteiger partial charge in [-0.3, -0.25) is 9.59 Å². The topological polar surface area (TPSA) is 67.4 Å². The molecule has 5 nitrogen and oxygen atoms in total. The lowest BCUT2D eigenvalue weighted by Crippen LogP contribution is -2.36. The van der Waals surface area contributed by atoms with Crippen LogP contribution in [0.5, 0.6) is 5.75 Å². The van der Waals surface area contributed by atoms with E-state index in [1.165, 1.54) is 0 Å². The van der Waals surface area contributed by atoms with Gasteiger partial charge in [0.1, 0.15) is 5.75 Å². The molecule has 2 aromatic carbocycles. The Bertz CT molecular complexity index is 741. The van der Waals surface area contributed by atoms with Crippen LogP contribution in [-0.2, 0) is 11.3 Å². The van der Waals surface area contributed by atoms with Crippen LogP contribution in [0.15, 0.2) is 42.5 Å². The molecule has 5 heteroatoms. The van der Waals surface area contributed by atoms with Crippen LogP contribution >= 0.6 is 0 Å². The van der Waals surface area contributed by atoms with E-state index in [0.29, 0.717) is 12.1 Å². The van der Waals surface area contributed by atoms with E-state index in [-0.39, 0.29) is 18.4 Å². The Hall–Kier alpha value is -2.82. The molecule has 0 aliphatic heterocycles. The predicted octanol–water partition coefficient (Wildman–Crippen LogP) is 2.36. The zero-order valence-corrected chi connectivity index (χ0v) is 14.2. The molecular weight excluding hydrogens is 304 g/mol. The molecule has 0 aromatic heterocycles. The van der Waals surface area contributed by atoms with Gasteiger partial charge in [0.25, 0.3) is 5.91 Å². The van der Waals surface area contributed by atoms with E-state index in [0.717, 1.165) is 22.4 Å². The van der Waals surface area contributed by atoms with Crippen LogP contribution in [0.4, 0.5) is 0 Å². The Morgan fingerprint density at radius 2 is 1.75 bits per heavy atom. The van der Waals surface area contributed by atoms with Gasteiger partial charge in [-0.25, -0.2) is 0 Å². The van der Waals surface area contributed by atoms with E-state index < -0.39 is 0 Å². The second-order valence-corrected chi connectivity index (χ2v) is 5.57. The van der Waals surface area contributed by atoms with Crippen molar-refractivity contribution >= 4 is 11.8 Å². The molecule has 2 rings (SSSR count). The summed E-state index contributed by atoms with van der Waals surface area (Å²) >= 11 is 0. The summed E-state index contributed by atoms with van der Waals surface area (Å²) in [5.74, 6) is 0.209. The molecule has 0 saturated carbocycles. The summed E-state index contributed by atoms with van der Waals surface area (Å²) in [5, 5.41) is 5.40. The molecule has 0 radical (unpaired) electrons. The second-order valence-electron chi connectivity index (χ2n) is 5.57. The molecule has 0 saturated heterocycles. The first kappa shape index (κ1) is 17.5. The van der Waals surface area contributed by atoms with E-state index in [9.17, 15) is 9.59 Å². The number of carbonyl (C=O) groups excluding carboxylic acids is 2. The summed E-state index contributed by atoms with van der Waals surface area (Å²) in [6, 6.07) is 12.9. The van der Waals surface area contributed by atoms with Gasteiger partial charge in [-0.15, -0.1) is 0 Å². The molecule has 24 heavy (non-hydrogen) atoms. The van der Waals surface area contributed by atoms with E-state index in [1.807, 2.05) is 50.2 Å². The molecule has 2 aromatic rings. The minimum Gasteiger partial charge on any atom is -0.496 e. The quantitative estimate of drug-likeness (QED) is 0.856. The molecule has 0 bridgehead atoms. The Morgan fingerprint density at radius 3 is 2.46 bits per heavy atom. The third-order valence-electron chi connectivity index (χ3n) is 3.85. The van der Waals surface area contributed by atoms with Crippen molar-refractivity contribution in [3.63, 3.8) is 0 Å². The first-order valence-electron chi connectivity index (χ1n) is 7.75. The number of amides is 2. The minimum atomic E-state index is -0.259. The van der Waals surface area contributed by atoms with Crippen molar-refractivity contribution < 1.29 is 14.3 Å². The van der Waals surface area contributed by atoms with Crippen LogP contribution in [0.1, 0.15) is 27.0 Å². The molecule has 2 amide bonds. The Morgan fingerprint density at radius 1 is 1.00 bits per heavy atom. The summed E-state index contributed by atoms with van der Waals surface area (Å²) in [6.45, 7) is 4.22. The minimum absolute atomic E-state index is 0.0685. The fourth-order valence-electron chi connectivity index (χ4n) is 2.25. The molecule has 0 spiro atoms. The number of para-hydroxylation sites is 1. The number of benzene rings is 2.